The standard InChI is InChI=1S/C23H29F2N3O/c1-23(2,3)22(29)27-21(19-11-4-5-12-26-19)17-9-7-13-28(15-17)14-16-8-6-10-18(24)20(16)25/h4-6,8,10-12,17,21H,7,9,13-15H2,1-3H3,(H,27,29)/t17-,21-/m0/s1. The Balaban J connectivity index is 1.78. The SMILES string of the molecule is CC(C)(C)C(=O)N[C@H](c1ccccn1)[C@H]1CCCN(Cc2cccc(F)c2F)C1. The number of pyridine rings is 1. The van der Waals surface area contributed by atoms with E-state index < -0.39 is 17.0 Å². The molecule has 29 heavy (non-hydrogen) atoms. The molecule has 1 aromatic heterocycles. The molecule has 1 N–H and O–H groups in total. The Morgan fingerprint density at radius 1 is 1.24 bits per heavy atom. The molecule has 1 aromatic carbocycles. The lowest BCUT2D eigenvalue weighted by atomic mass is 9.86. The highest BCUT2D eigenvalue weighted by atomic mass is 19.2. The summed E-state index contributed by atoms with van der Waals surface area (Å²) >= 11 is 0. The van der Waals surface area contributed by atoms with Gasteiger partial charge < -0.3 is 5.32 Å². The molecule has 6 heteroatoms. The van der Waals surface area contributed by atoms with Gasteiger partial charge in [-0.15, -0.1) is 0 Å². The molecule has 1 saturated heterocycles. The molecule has 3 rings (SSSR count). The Morgan fingerprint density at radius 3 is 2.72 bits per heavy atom. The van der Waals surface area contributed by atoms with Crippen LogP contribution in [0.3, 0.4) is 0 Å². The first kappa shape index (κ1) is 21.4. The third-order valence-corrected chi connectivity index (χ3v) is 5.41. The Hall–Kier alpha value is -2.34. The number of benzene rings is 1. The topological polar surface area (TPSA) is 45.2 Å². The first-order valence-electron chi connectivity index (χ1n) is 10.1. The van der Waals surface area contributed by atoms with Gasteiger partial charge in [-0.05, 0) is 43.5 Å². The number of nitrogens with zero attached hydrogens (tertiary/aromatic N) is 2. The molecule has 0 saturated carbocycles. The fraction of sp³-hybridized carbons (Fsp3) is 0.478. The minimum absolute atomic E-state index is 0.0264. The van der Waals surface area contributed by atoms with Crippen LogP contribution in [-0.4, -0.2) is 28.9 Å². The van der Waals surface area contributed by atoms with Gasteiger partial charge in [0, 0.05) is 30.3 Å². The molecule has 0 aliphatic carbocycles. The van der Waals surface area contributed by atoms with Crippen molar-refractivity contribution < 1.29 is 13.6 Å². The zero-order chi connectivity index (χ0) is 21.0. The third-order valence-electron chi connectivity index (χ3n) is 5.41. The minimum atomic E-state index is -0.820. The number of hydrogen-bond donors (Lipinski definition) is 1. The fourth-order valence-corrected chi connectivity index (χ4v) is 3.77. The van der Waals surface area contributed by atoms with E-state index >= 15 is 0 Å². The first-order chi connectivity index (χ1) is 13.8. The highest BCUT2D eigenvalue weighted by molar-refractivity contribution is 5.81. The Labute approximate surface area is 171 Å². The van der Waals surface area contributed by atoms with Gasteiger partial charge in [-0.3, -0.25) is 14.7 Å². The average Bonchev–Trinajstić information content (AvgIpc) is 2.69. The molecule has 156 valence electrons. The highest BCUT2D eigenvalue weighted by Crippen LogP contribution is 2.31. The zero-order valence-electron chi connectivity index (χ0n) is 17.3. The number of carbonyl (C=O) groups is 1. The van der Waals surface area contributed by atoms with Crippen molar-refractivity contribution in [1.82, 2.24) is 15.2 Å². The molecule has 0 spiro atoms. The van der Waals surface area contributed by atoms with Gasteiger partial charge in [0.25, 0.3) is 0 Å². The molecule has 0 radical (unpaired) electrons. The number of rotatable bonds is 5. The maximum Gasteiger partial charge on any atom is 0.225 e. The maximum absolute atomic E-state index is 14.1. The highest BCUT2D eigenvalue weighted by Gasteiger charge is 2.33. The molecule has 1 aliphatic rings. The normalized spacial score (nSPS) is 19.0. The van der Waals surface area contributed by atoms with Crippen LogP contribution in [0.25, 0.3) is 0 Å². The van der Waals surface area contributed by atoms with Crippen molar-refractivity contribution in [1.29, 1.82) is 0 Å². The number of nitrogens with one attached hydrogen (secondary N) is 1. The van der Waals surface area contributed by atoms with Crippen molar-refractivity contribution in [2.75, 3.05) is 13.1 Å². The molecule has 0 bridgehead atoms. The van der Waals surface area contributed by atoms with Crippen molar-refractivity contribution in [2.24, 2.45) is 11.3 Å². The van der Waals surface area contributed by atoms with Gasteiger partial charge >= 0.3 is 0 Å². The molecule has 4 nitrogen and oxygen atoms in total. The Morgan fingerprint density at radius 2 is 2.03 bits per heavy atom. The van der Waals surface area contributed by atoms with Crippen LogP contribution in [0.5, 0.6) is 0 Å². The molecular formula is C23H29F2N3O. The second-order valence-corrected chi connectivity index (χ2v) is 8.81. The quantitative estimate of drug-likeness (QED) is 0.804. The van der Waals surface area contributed by atoms with Crippen molar-refractivity contribution >= 4 is 5.91 Å². The summed E-state index contributed by atoms with van der Waals surface area (Å²) in [5.41, 5.74) is 0.680. The van der Waals surface area contributed by atoms with E-state index in [2.05, 4.69) is 15.2 Å². The predicted octanol–water partition coefficient (Wildman–Crippen LogP) is 4.48. The average molecular weight is 402 g/mol. The van der Waals surface area contributed by atoms with Crippen molar-refractivity contribution in [3.63, 3.8) is 0 Å². The largest absolute Gasteiger partial charge is 0.347 e. The van der Waals surface area contributed by atoms with E-state index in [0.29, 0.717) is 18.7 Å². The lowest BCUT2D eigenvalue weighted by Crippen LogP contribution is -2.45. The van der Waals surface area contributed by atoms with Gasteiger partial charge in [-0.2, -0.15) is 0 Å². The molecule has 1 amide bonds. The minimum Gasteiger partial charge on any atom is -0.347 e. The Bertz CT molecular complexity index is 836. The number of piperidine rings is 1. The number of halogens is 2. The third kappa shape index (κ3) is 5.38. The van der Waals surface area contributed by atoms with Crippen LogP contribution in [0.2, 0.25) is 0 Å². The van der Waals surface area contributed by atoms with Crippen LogP contribution in [0, 0.1) is 23.0 Å². The summed E-state index contributed by atoms with van der Waals surface area (Å²) in [6, 6.07) is 9.78. The Kier molecular flexibility index (Phi) is 6.63. The van der Waals surface area contributed by atoms with Crippen LogP contribution >= 0.6 is 0 Å². The summed E-state index contributed by atoms with van der Waals surface area (Å²) in [6.45, 7) is 7.51. The molecule has 2 heterocycles. The summed E-state index contributed by atoms with van der Waals surface area (Å²) in [7, 11) is 0. The van der Waals surface area contributed by atoms with Gasteiger partial charge in [0.1, 0.15) is 0 Å². The summed E-state index contributed by atoms with van der Waals surface area (Å²) in [4.78, 5) is 19.3. The lowest BCUT2D eigenvalue weighted by Gasteiger charge is -2.38. The number of likely N-dealkylation sites (tertiary alicyclic amines) is 1. The first-order valence-corrected chi connectivity index (χ1v) is 10.1. The summed E-state index contributed by atoms with van der Waals surface area (Å²) in [5.74, 6) is -1.49. The molecule has 2 atom stereocenters. The van der Waals surface area contributed by atoms with Crippen LogP contribution in [0.15, 0.2) is 42.6 Å². The predicted molar refractivity (Wildman–Crippen MR) is 109 cm³/mol. The maximum atomic E-state index is 14.1. The number of aromatic nitrogens is 1. The molecular weight excluding hydrogens is 372 g/mol. The summed E-state index contributed by atoms with van der Waals surface area (Å²) in [6.07, 6.45) is 3.60. The molecule has 0 unspecified atom stereocenters. The second-order valence-electron chi connectivity index (χ2n) is 8.81. The fourth-order valence-electron chi connectivity index (χ4n) is 3.77. The monoisotopic (exact) mass is 401 g/mol. The van der Waals surface area contributed by atoms with E-state index in [0.717, 1.165) is 31.1 Å². The lowest BCUT2D eigenvalue weighted by molar-refractivity contribution is -0.130. The summed E-state index contributed by atoms with van der Waals surface area (Å²) < 4.78 is 27.7. The van der Waals surface area contributed by atoms with Crippen LogP contribution < -0.4 is 5.32 Å². The van der Waals surface area contributed by atoms with E-state index in [4.69, 9.17) is 0 Å². The molecule has 2 aromatic rings. The van der Waals surface area contributed by atoms with Gasteiger partial charge in [-0.1, -0.05) is 39.0 Å². The smallest absolute Gasteiger partial charge is 0.225 e. The number of carbonyl (C=O) groups excluding carboxylic acids is 1. The van der Waals surface area contributed by atoms with Crippen molar-refractivity contribution in [2.45, 2.75) is 46.2 Å². The van der Waals surface area contributed by atoms with Crippen LogP contribution in [0.1, 0.15) is 50.9 Å². The number of hydrogen-bond acceptors (Lipinski definition) is 3. The second kappa shape index (κ2) is 8.99. The summed E-state index contributed by atoms with van der Waals surface area (Å²) in [5, 5.41) is 3.19. The van der Waals surface area contributed by atoms with Crippen molar-refractivity contribution in [3.05, 3.63) is 65.5 Å². The van der Waals surface area contributed by atoms with E-state index in [1.54, 1.807) is 12.3 Å². The van der Waals surface area contributed by atoms with Gasteiger partial charge in [0.2, 0.25) is 5.91 Å². The van der Waals surface area contributed by atoms with Gasteiger partial charge in [-0.25, -0.2) is 8.78 Å². The van der Waals surface area contributed by atoms with E-state index in [1.165, 1.54) is 6.07 Å². The van der Waals surface area contributed by atoms with Gasteiger partial charge in [0.15, 0.2) is 11.6 Å². The van der Waals surface area contributed by atoms with Crippen molar-refractivity contribution in [3.8, 4) is 0 Å². The zero-order valence-corrected chi connectivity index (χ0v) is 17.3. The number of amides is 1. The van der Waals surface area contributed by atoms with Crippen LogP contribution in [0.4, 0.5) is 8.78 Å². The van der Waals surface area contributed by atoms with E-state index in [-0.39, 0.29) is 17.9 Å². The molecule has 1 fully saturated rings. The van der Waals surface area contributed by atoms with Crippen LogP contribution in [-0.2, 0) is 11.3 Å². The van der Waals surface area contributed by atoms with E-state index in [9.17, 15) is 13.6 Å². The molecule has 1 aliphatic heterocycles. The van der Waals surface area contributed by atoms with Gasteiger partial charge in [0.05, 0.1) is 11.7 Å². The van der Waals surface area contributed by atoms with E-state index in [1.807, 2.05) is 39.0 Å².